The molecule has 2 nitrogen and oxygen atoms in total. The van der Waals surface area contributed by atoms with Crippen LogP contribution < -0.4 is 4.57 Å². The van der Waals surface area contributed by atoms with Gasteiger partial charge in [0.2, 0.25) is 0 Å². The first kappa shape index (κ1) is 9.50. The third-order valence-corrected chi connectivity index (χ3v) is 3.37. The van der Waals surface area contributed by atoms with E-state index < -0.39 is 0 Å². The number of nitrogens with one attached hydrogen (secondary N) is 1. The van der Waals surface area contributed by atoms with Gasteiger partial charge in [-0.3, -0.25) is 0 Å². The molecule has 0 aromatic carbocycles. The summed E-state index contributed by atoms with van der Waals surface area (Å²) < 4.78 is 2.28. The first-order valence-corrected chi connectivity index (χ1v) is 5.44. The van der Waals surface area contributed by atoms with Gasteiger partial charge >= 0.3 is 0 Å². The Labute approximate surface area is 85.7 Å². The fourth-order valence-corrected chi connectivity index (χ4v) is 2.57. The summed E-state index contributed by atoms with van der Waals surface area (Å²) in [6.07, 6.45) is 11.4. The zero-order chi connectivity index (χ0) is 10.0. The van der Waals surface area contributed by atoms with Gasteiger partial charge < -0.3 is 0 Å². The van der Waals surface area contributed by atoms with Crippen molar-refractivity contribution in [1.29, 1.82) is 0 Å². The van der Waals surface area contributed by atoms with Crippen molar-refractivity contribution >= 4 is 0 Å². The van der Waals surface area contributed by atoms with Crippen LogP contribution in [0, 0.1) is 0 Å². The van der Waals surface area contributed by atoms with E-state index in [4.69, 9.17) is 0 Å². The van der Waals surface area contributed by atoms with E-state index in [9.17, 15) is 0 Å². The molecule has 1 heterocycles. The minimum atomic E-state index is 0.368. The van der Waals surface area contributed by atoms with Gasteiger partial charge in [-0.2, -0.15) is 0 Å². The Morgan fingerprint density at radius 2 is 2.29 bits per heavy atom. The van der Waals surface area contributed by atoms with Crippen LogP contribution in [0.5, 0.6) is 0 Å². The Balaban J connectivity index is 2.29. The Hall–Kier alpha value is -1.05. The zero-order valence-electron chi connectivity index (χ0n) is 8.92. The fourth-order valence-electron chi connectivity index (χ4n) is 2.57. The van der Waals surface area contributed by atoms with Gasteiger partial charge in [-0.05, 0) is 19.8 Å². The van der Waals surface area contributed by atoms with Crippen LogP contribution in [0.25, 0.3) is 0 Å². The fraction of sp³-hybridized carbons (Fsp3) is 0.583. The topological polar surface area (TPSA) is 19.7 Å². The molecule has 1 fully saturated rings. The zero-order valence-corrected chi connectivity index (χ0v) is 8.92. The lowest BCUT2D eigenvalue weighted by Gasteiger charge is -2.18. The number of aromatic amines is 1. The molecule has 0 spiro atoms. The van der Waals surface area contributed by atoms with Crippen LogP contribution in [-0.4, -0.2) is 4.98 Å². The highest BCUT2D eigenvalue weighted by Gasteiger charge is 2.38. The van der Waals surface area contributed by atoms with Crippen LogP contribution in [-0.2, 0) is 12.0 Å². The molecule has 1 saturated carbocycles. The highest BCUT2D eigenvalue weighted by molar-refractivity contribution is 5.03. The average molecular weight is 191 g/mol. The monoisotopic (exact) mass is 191 g/mol. The minimum Gasteiger partial charge on any atom is -0.247 e. The van der Waals surface area contributed by atoms with Gasteiger partial charge in [0.05, 0.1) is 5.41 Å². The van der Waals surface area contributed by atoms with Crippen molar-refractivity contribution in [1.82, 2.24) is 4.98 Å². The summed E-state index contributed by atoms with van der Waals surface area (Å²) in [6, 6.07) is 0. The Kier molecular flexibility index (Phi) is 2.44. The molecule has 1 aliphatic rings. The van der Waals surface area contributed by atoms with Crippen molar-refractivity contribution < 1.29 is 4.57 Å². The van der Waals surface area contributed by atoms with E-state index in [1.54, 1.807) is 0 Å². The van der Waals surface area contributed by atoms with Crippen LogP contribution >= 0.6 is 0 Å². The molecular weight excluding hydrogens is 172 g/mol. The second-order valence-electron chi connectivity index (χ2n) is 4.52. The highest BCUT2D eigenvalue weighted by atomic mass is 15.1. The van der Waals surface area contributed by atoms with Crippen molar-refractivity contribution in [3.8, 4) is 0 Å². The molecule has 76 valence electrons. The normalized spacial score (nSPS) is 19.8. The summed E-state index contributed by atoms with van der Waals surface area (Å²) in [7, 11) is 0. The lowest BCUT2D eigenvalue weighted by Crippen LogP contribution is -2.41. The number of nitrogens with zero attached hydrogens (tertiary/aromatic N) is 1. The van der Waals surface area contributed by atoms with E-state index in [0.717, 1.165) is 6.54 Å². The van der Waals surface area contributed by atoms with Crippen molar-refractivity contribution in [3.63, 3.8) is 0 Å². The molecule has 0 bridgehead atoms. The summed E-state index contributed by atoms with van der Waals surface area (Å²) in [5, 5.41) is 0. The first-order chi connectivity index (χ1) is 6.76. The minimum absolute atomic E-state index is 0.368. The quantitative estimate of drug-likeness (QED) is 0.559. The molecule has 2 rings (SSSR count). The number of H-pyrrole nitrogens is 1. The number of imidazole rings is 1. The molecular formula is C12H19N2+. The van der Waals surface area contributed by atoms with Gasteiger partial charge in [-0.1, -0.05) is 25.5 Å². The second kappa shape index (κ2) is 3.60. The molecule has 0 saturated heterocycles. The maximum absolute atomic E-state index is 3.79. The van der Waals surface area contributed by atoms with Gasteiger partial charge in [0.15, 0.2) is 0 Å². The van der Waals surface area contributed by atoms with E-state index in [2.05, 4.69) is 29.3 Å². The molecule has 1 aromatic rings. The number of hydrogen-bond acceptors (Lipinski definition) is 0. The van der Waals surface area contributed by atoms with Crippen LogP contribution in [0.1, 0.15) is 38.4 Å². The Morgan fingerprint density at radius 1 is 1.57 bits per heavy atom. The molecule has 0 amide bonds. The molecule has 0 unspecified atom stereocenters. The predicted octanol–water partition coefficient (Wildman–Crippen LogP) is 2.32. The predicted molar refractivity (Wildman–Crippen MR) is 57.0 cm³/mol. The number of aromatic nitrogens is 2. The smallest absolute Gasteiger partial charge is 0.247 e. The molecule has 1 aromatic heterocycles. The van der Waals surface area contributed by atoms with Crippen LogP contribution in [0.3, 0.4) is 0 Å². The molecule has 1 N–H and O–H groups in total. The van der Waals surface area contributed by atoms with E-state index in [1.165, 1.54) is 31.5 Å². The second-order valence-corrected chi connectivity index (χ2v) is 4.52. The lowest BCUT2D eigenvalue weighted by atomic mass is 9.88. The highest BCUT2D eigenvalue weighted by Crippen LogP contribution is 2.38. The van der Waals surface area contributed by atoms with Crippen LogP contribution in [0.4, 0.5) is 0 Å². The van der Waals surface area contributed by atoms with E-state index in [-0.39, 0.29) is 0 Å². The standard InChI is InChI=1S/C12H18N2/c1-3-9-14-10-8-13-11(14)12(2)6-4-5-7-12/h3,8,10H,1,4-7,9H2,2H3/p+1. The van der Waals surface area contributed by atoms with Crippen molar-refractivity contribution in [2.75, 3.05) is 0 Å². The van der Waals surface area contributed by atoms with Gasteiger partial charge in [-0.15, -0.1) is 0 Å². The van der Waals surface area contributed by atoms with Crippen molar-refractivity contribution in [2.24, 2.45) is 0 Å². The third-order valence-electron chi connectivity index (χ3n) is 3.37. The average Bonchev–Trinajstić information content (AvgIpc) is 2.75. The summed E-state index contributed by atoms with van der Waals surface area (Å²) in [6.45, 7) is 7.07. The molecule has 0 atom stereocenters. The van der Waals surface area contributed by atoms with Crippen molar-refractivity contribution in [2.45, 2.75) is 44.6 Å². The lowest BCUT2D eigenvalue weighted by molar-refractivity contribution is -0.696. The van der Waals surface area contributed by atoms with Crippen molar-refractivity contribution in [3.05, 3.63) is 30.9 Å². The molecule has 1 aliphatic carbocycles. The molecule has 0 radical (unpaired) electrons. The SMILES string of the molecule is C=CC[n+]1cc[nH]c1C1(C)CCCC1. The molecule has 0 aliphatic heterocycles. The largest absolute Gasteiger partial charge is 0.260 e. The van der Waals surface area contributed by atoms with E-state index in [1.807, 2.05) is 12.3 Å². The van der Waals surface area contributed by atoms with E-state index in [0.29, 0.717) is 5.41 Å². The summed E-state index contributed by atoms with van der Waals surface area (Å²) in [5.74, 6) is 1.37. The Bertz CT molecular complexity index is 319. The summed E-state index contributed by atoms with van der Waals surface area (Å²) >= 11 is 0. The maximum Gasteiger partial charge on any atom is 0.260 e. The number of rotatable bonds is 3. The number of allylic oxidation sites excluding steroid dienone is 1. The number of hydrogen-bond donors (Lipinski definition) is 1. The molecule has 14 heavy (non-hydrogen) atoms. The van der Waals surface area contributed by atoms with Crippen LogP contribution in [0.2, 0.25) is 0 Å². The van der Waals surface area contributed by atoms with Crippen LogP contribution in [0.15, 0.2) is 25.0 Å². The van der Waals surface area contributed by atoms with Gasteiger partial charge in [-0.25, -0.2) is 9.55 Å². The molecule has 2 heteroatoms. The summed E-state index contributed by atoms with van der Waals surface area (Å²) in [5.41, 5.74) is 0.368. The van der Waals surface area contributed by atoms with Gasteiger partial charge in [0, 0.05) is 0 Å². The maximum atomic E-state index is 3.79. The van der Waals surface area contributed by atoms with E-state index >= 15 is 0 Å². The van der Waals surface area contributed by atoms with Gasteiger partial charge in [0.1, 0.15) is 18.9 Å². The first-order valence-electron chi connectivity index (χ1n) is 5.44. The van der Waals surface area contributed by atoms with Gasteiger partial charge in [0.25, 0.3) is 5.82 Å². The Morgan fingerprint density at radius 3 is 2.93 bits per heavy atom. The summed E-state index contributed by atoms with van der Waals surface area (Å²) in [4.78, 5) is 3.39. The third kappa shape index (κ3) is 1.49.